The molecule has 0 spiro atoms. The number of para-hydroxylation sites is 1. The number of nitrogens with two attached hydrogens (primary N) is 1. The number of carboxylic acids is 2. The van der Waals surface area contributed by atoms with E-state index in [0.717, 1.165) is 0 Å². The molecule has 1 unspecified atom stereocenters. The van der Waals surface area contributed by atoms with Crippen LogP contribution in [-0.4, -0.2) is 39.0 Å². The Hall–Kier alpha value is -3.68. The molecule has 158 valence electrons. The fourth-order valence-corrected chi connectivity index (χ4v) is 2.25. The second-order valence-corrected chi connectivity index (χ2v) is 6.00. The van der Waals surface area contributed by atoms with Crippen molar-refractivity contribution in [2.45, 2.75) is 12.5 Å². The van der Waals surface area contributed by atoms with Gasteiger partial charge in [-0.1, -0.05) is 54.6 Å². The lowest BCUT2D eigenvalue weighted by atomic mass is 10.1. The Labute approximate surface area is 174 Å². The van der Waals surface area contributed by atoms with Gasteiger partial charge in [0.25, 0.3) is 0 Å². The van der Waals surface area contributed by atoms with Gasteiger partial charge in [0, 0.05) is 24.3 Å². The lowest BCUT2D eigenvalue weighted by Gasteiger charge is -2.11. The number of hydrogen-bond acceptors (Lipinski definition) is 5. The molecule has 0 aliphatic carbocycles. The van der Waals surface area contributed by atoms with E-state index in [9.17, 15) is 14.7 Å². The minimum Gasteiger partial charge on any atom is -0.478 e. The molecular weight excluding hydrogens is 386 g/mol. The SMILES string of the molecule is Nc1ccccc1C(O)CCO.O=C(O)c1ccccc1.O=C(O)c1ccccc1. The molecule has 7 heteroatoms. The van der Waals surface area contributed by atoms with Crippen molar-refractivity contribution in [1.29, 1.82) is 0 Å². The van der Waals surface area contributed by atoms with Crippen LogP contribution in [0.2, 0.25) is 0 Å². The fraction of sp³-hybridized carbons (Fsp3) is 0.130. The van der Waals surface area contributed by atoms with Gasteiger partial charge in [0.1, 0.15) is 0 Å². The van der Waals surface area contributed by atoms with Crippen LogP contribution in [-0.2, 0) is 0 Å². The van der Waals surface area contributed by atoms with E-state index in [0.29, 0.717) is 28.8 Å². The van der Waals surface area contributed by atoms with Crippen LogP contribution < -0.4 is 5.73 Å². The van der Waals surface area contributed by atoms with E-state index in [1.54, 1.807) is 72.8 Å². The van der Waals surface area contributed by atoms with Crippen LogP contribution in [0.1, 0.15) is 38.8 Å². The van der Waals surface area contributed by atoms with Gasteiger partial charge in [-0.05, 0) is 30.3 Å². The number of carboxylic acid groups (broad SMARTS) is 2. The number of nitrogen functional groups attached to an aromatic ring is 1. The van der Waals surface area contributed by atoms with Crippen LogP contribution in [0.5, 0.6) is 0 Å². The summed E-state index contributed by atoms with van der Waals surface area (Å²) < 4.78 is 0. The van der Waals surface area contributed by atoms with Gasteiger partial charge in [0.15, 0.2) is 0 Å². The van der Waals surface area contributed by atoms with E-state index in [-0.39, 0.29) is 6.61 Å². The molecule has 0 saturated carbocycles. The number of aliphatic hydroxyl groups excluding tert-OH is 2. The van der Waals surface area contributed by atoms with E-state index in [1.807, 2.05) is 12.1 Å². The molecule has 0 aliphatic rings. The molecule has 0 radical (unpaired) electrons. The zero-order valence-electron chi connectivity index (χ0n) is 16.3. The molecule has 0 amide bonds. The summed E-state index contributed by atoms with van der Waals surface area (Å²) in [5.74, 6) is -1.76. The zero-order valence-corrected chi connectivity index (χ0v) is 16.3. The number of carbonyl (C=O) groups is 2. The molecule has 0 aromatic heterocycles. The van der Waals surface area contributed by atoms with Crippen LogP contribution >= 0.6 is 0 Å². The fourth-order valence-electron chi connectivity index (χ4n) is 2.25. The third-order valence-electron chi connectivity index (χ3n) is 3.80. The molecule has 0 bridgehead atoms. The molecular formula is C23H25NO6. The monoisotopic (exact) mass is 411 g/mol. The molecule has 3 aromatic rings. The number of hydrogen-bond donors (Lipinski definition) is 5. The maximum atomic E-state index is 10.2. The maximum absolute atomic E-state index is 10.2. The molecule has 0 saturated heterocycles. The van der Waals surface area contributed by atoms with Crippen LogP contribution in [0.25, 0.3) is 0 Å². The van der Waals surface area contributed by atoms with Crippen molar-refractivity contribution < 1.29 is 30.0 Å². The molecule has 6 N–H and O–H groups in total. The summed E-state index contributed by atoms with van der Waals surface area (Å²) in [5.41, 5.74) is 7.53. The summed E-state index contributed by atoms with van der Waals surface area (Å²) in [6.07, 6.45) is -0.329. The van der Waals surface area contributed by atoms with Crippen molar-refractivity contribution in [2.75, 3.05) is 12.3 Å². The van der Waals surface area contributed by atoms with Crippen molar-refractivity contribution >= 4 is 17.6 Å². The van der Waals surface area contributed by atoms with E-state index in [4.69, 9.17) is 21.1 Å². The van der Waals surface area contributed by atoms with Crippen molar-refractivity contribution in [3.05, 3.63) is 102 Å². The first-order valence-electron chi connectivity index (χ1n) is 9.06. The van der Waals surface area contributed by atoms with Gasteiger partial charge in [-0.2, -0.15) is 0 Å². The first-order chi connectivity index (χ1) is 14.4. The normalized spacial score (nSPS) is 10.5. The summed E-state index contributed by atoms with van der Waals surface area (Å²) in [7, 11) is 0. The second-order valence-electron chi connectivity index (χ2n) is 6.00. The molecule has 0 fully saturated rings. The van der Waals surface area contributed by atoms with E-state index >= 15 is 0 Å². The quantitative estimate of drug-likeness (QED) is 0.405. The Balaban J connectivity index is 0.000000229. The van der Waals surface area contributed by atoms with Crippen molar-refractivity contribution in [1.82, 2.24) is 0 Å². The first kappa shape index (κ1) is 24.4. The smallest absolute Gasteiger partial charge is 0.335 e. The standard InChI is InChI=1S/C9H13NO2.2C7H6O2/c10-8-4-2-1-3-7(8)9(12)5-6-11;2*8-7(9)6-4-2-1-3-5-6/h1-4,9,11-12H,5-6,10H2;2*1-5H,(H,8,9). The highest BCUT2D eigenvalue weighted by Crippen LogP contribution is 2.21. The van der Waals surface area contributed by atoms with Crippen molar-refractivity contribution in [3.63, 3.8) is 0 Å². The third-order valence-corrected chi connectivity index (χ3v) is 3.80. The molecule has 0 heterocycles. The van der Waals surface area contributed by atoms with Gasteiger partial charge < -0.3 is 26.2 Å². The summed E-state index contributed by atoms with van der Waals surface area (Å²) in [4.78, 5) is 20.4. The first-order valence-corrected chi connectivity index (χ1v) is 9.06. The van der Waals surface area contributed by atoms with E-state index in [1.165, 1.54) is 0 Å². The summed E-state index contributed by atoms with van der Waals surface area (Å²) >= 11 is 0. The molecule has 7 nitrogen and oxygen atoms in total. The van der Waals surface area contributed by atoms with Gasteiger partial charge in [0.05, 0.1) is 17.2 Å². The number of aliphatic hydroxyl groups is 2. The summed E-state index contributed by atoms with van der Waals surface area (Å²) in [6, 6.07) is 23.7. The minimum atomic E-state index is -0.879. The molecule has 3 rings (SSSR count). The lowest BCUT2D eigenvalue weighted by molar-refractivity contribution is 0.0686. The third kappa shape index (κ3) is 9.01. The maximum Gasteiger partial charge on any atom is 0.335 e. The predicted molar refractivity (Wildman–Crippen MR) is 114 cm³/mol. The lowest BCUT2D eigenvalue weighted by Crippen LogP contribution is -2.03. The Kier molecular flexibility index (Phi) is 11.0. The average molecular weight is 411 g/mol. The van der Waals surface area contributed by atoms with Crippen molar-refractivity contribution in [3.8, 4) is 0 Å². The predicted octanol–water partition coefficient (Wildman–Crippen LogP) is 3.45. The van der Waals surface area contributed by atoms with Crippen LogP contribution in [0.3, 0.4) is 0 Å². The Morgan fingerprint density at radius 1 is 0.733 bits per heavy atom. The number of rotatable bonds is 5. The highest BCUT2D eigenvalue weighted by atomic mass is 16.4. The van der Waals surface area contributed by atoms with Gasteiger partial charge in [-0.15, -0.1) is 0 Å². The highest BCUT2D eigenvalue weighted by molar-refractivity contribution is 5.87. The highest BCUT2D eigenvalue weighted by Gasteiger charge is 2.08. The minimum absolute atomic E-state index is 0.0322. The second kappa shape index (κ2) is 13.5. The van der Waals surface area contributed by atoms with Gasteiger partial charge in [0.2, 0.25) is 0 Å². The molecule has 0 aliphatic heterocycles. The van der Waals surface area contributed by atoms with E-state index in [2.05, 4.69) is 0 Å². The Morgan fingerprint density at radius 2 is 1.13 bits per heavy atom. The molecule has 30 heavy (non-hydrogen) atoms. The van der Waals surface area contributed by atoms with E-state index < -0.39 is 18.0 Å². The summed E-state index contributed by atoms with van der Waals surface area (Å²) in [6.45, 7) is -0.0322. The Bertz CT molecular complexity index is 850. The number of aromatic carboxylic acids is 2. The largest absolute Gasteiger partial charge is 0.478 e. The van der Waals surface area contributed by atoms with Crippen LogP contribution in [0.15, 0.2) is 84.9 Å². The van der Waals surface area contributed by atoms with Gasteiger partial charge in [-0.3, -0.25) is 0 Å². The molecule has 1 atom stereocenters. The number of anilines is 1. The van der Waals surface area contributed by atoms with Crippen LogP contribution in [0, 0.1) is 0 Å². The van der Waals surface area contributed by atoms with Gasteiger partial charge in [-0.25, -0.2) is 9.59 Å². The van der Waals surface area contributed by atoms with Gasteiger partial charge >= 0.3 is 11.9 Å². The zero-order chi connectivity index (χ0) is 22.4. The van der Waals surface area contributed by atoms with Crippen molar-refractivity contribution in [2.24, 2.45) is 0 Å². The summed E-state index contributed by atoms with van der Waals surface area (Å²) in [5, 5.41) is 34.8. The molecule has 3 aromatic carbocycles. The van der Waals surface area contributed by atoms with Crippen LogP contribution in [0.4, 0.5) is 5.69 Å². The topological polar surface area (TPSA) is 141 Å². The Morgan fingerprint density at radius 3 is 1.47 bits per heavy atom. The average Bonchev–Trinajstić information content (AvgIpc) is 2.76. The number of benzene rings is 3.